The standard InChI is InChI=1S/C22H20ClN3O/c23-19-7-2-1-5-17(19)15-18-6-3-8-20(25-18)21-9-4-14-26(21)22(27)16-10-12-24-13-11-16/h1-3,5-8,10-13,21H,4,9,14-15H2/t21-/m1/s1. The van der Waals surface area contributed by atoms with Gasteiger partial charge in [-0.2, -0.15) is 0 Å². The van der Waals surface area contributed by atoms with Crippen molar-refractivity contribution in [2.75, 3.05) is 6.54 Å². The summed E-state index contributed by atoms with van der Waals surface area (Å²) in [5.74, 6) is 0.0400. The Bertz CT molecular complexity index is 945. The van der Waals surface area contributed by atoms with Crippen LogP contribution in [0.25, 0.3) is 0 Å². The topological polar surface area (TPSA) is 46.1 Å². The predicted octanol–water partition coefficient (Wildman–Crippen LogP) is 4.70. The third-order valence-corrected chi connectivity index (χ3v) is 5.31. The molecule has 136 valence electrons. The van der Waals surface area contributed by atoms with E-state index in [0.29, 0.717) is 12.0 Å². The Labute approximate surface area is 163 Å². The fourth-order valence-corrected chi connectivity index (χ4v) is 3.80. The van der Waals surface area contributed by atoms with Crippen molar-refractivity contribution in [3.8, 4) is 0 Å². The van der Waals surface area contributed by atoms with Gasteiger partial charge in [0.2, 0.25) is 0 Å². The van der Waals surface area contributed by atoms with Crippen LogP contribution in [0.1, 0.15) is 46.2 Å². The summed E-state index contributed by atoms with van der Waals surface area (Å²) in [5, 5.41) is 0.750. The van der Waals surface area contributed by atoms with Crippen molar-refractivity contribution in [1.82, 2.24) is 14.9 Å². The van der Waals surface area contributed by atoms with Crippen LogP contribution in [0.3, 0.4) is 0 Å². The summed E-state index contributed by atoms with van der Waals surface area (Å²) < 4.78 is 0. The van der Waals surface area contributed by atoms with E-state index < -0.39 is 0 Å². The van der Waals surface area contributed by atoms with Gasteiger partial charge >= 0.3 is 0 Å². The Morgan fingerprint density at radius 3 is 2.70 bits per heavy atom. The Morgan fingerprint density at radius 1 is 1.07 bits per heavy atom. The summed E-state index contributed by atoms with van der Waals surface area (Å²) in [4.78, 5) is 23.7. The number of benzene rings is 1. The molecule has 5 heteroatoms. The highest BCUT2D eigenvalue weighted by molar-refractivity contribution is 6.31. The number of carbonyl (C=O) groups excluding carboxylic acids is 1. The lowest BCUT2D eigenvalue weighted by Crippen LogP contribution is -2.31. The molecular formula is C22H20ClN3O. The minimum Gasteiger partial charge on any atom is -0.330 e. The van der Waals surface area contributed by atoms with Crippen LogP contribution in [-0.2, 0) is 6.42 Å². The number of halogens is 1. The number of hydrogen-bond acceptors (Lipinski definition) is 3. The zero-order chi connectivity index (χ0) is 18.6. The van der Waals surface area contributed by atoms with E-state index in [1.165, 1.54) is 0 Å². The van der Waals surface area contributed by atoms with Gasteiger partial charge in [-0.1, -0.05) is 35.9 Å². The van der Waals surface area contributed by atoms with Crippen LogP contribution < -0.4 is 0 Å². The Kier molecular flexibility index (Phi) is 5.16. The van der Waals surface area contributed by atoms with Gasteiger partial charge in [-0.25, -0.2) is 0 Å². The molecule has 4 nitrogen and oxygen atoms in total. The lowest BCUT2D eigenvalue weighted by Gasteiger charge is -2.24. The van der Waals surface area contributed by atoms with Crippen LogP contribution in [-0.4, -0.2) is 27.3 Å². The van der Waals surface area contributed by atoms with E-state index in [2.05, 4.69) is 4.98 Å². The number of likely N-dealkylation sites (tertiary alicyclic amines) is 1. The molecule has 1 aromatic carbocycles. The zero-order valence-electron chi connectivity index (χ0n) is 14.9. The fraction of sp³-hybridized carbons (Fsp3) is 0.227. The highest BCUT2D eigenvalue weighted by Crippen LogP contribution is 2.32. The van der Waals surface area contributed by atoms with Gasteiger partial charge in [0.25, 0.3) is 5.91 Å². The monoisotopic (exact) mass is 377 g/mol. The summed E-state index contributed by atoms with van der Waals surface area (Å²) in [6, 6.07) is 17.4. The maximum absolute atomic E-state index is 12.9. The molecule has 3 aromatic rings. The minimum atomic E-state index is 0.0110. The van der Waals surface area contributed by atoms with Crippen LogP contribution in [0, 0.1) is 0 Å². The highest BCUT2D eigenvalue weighted by atomic mass is 35.5. The smallest absolute Gasteiger partial charge is 0.254 e. The number of rotatable bonds is 4. The van der Waals surface area contributed by atoms with E-state index in [0.717, 1.165) is 41.4 Å². The van der Waals surface area contributed by atoms with Crippen molar-refractivity contribution in [3.05, 3.63) is 94.5 Å². The van der Waals surface area contributed by atoms with E-state index >= 15 is 0 Å². The molecule has 0 unspecified atom stereocenters. The Hall–Kier alpha value is -2.72. The van der Waals surface area contributed by atoms with E-state index in [-0.39, 0.29) is 11.9 Å². The molecular weight excluding hydrogens is 358 g/mol. The third kappa shape index (κ3) is 3.86. The van der Waals surface area contributed by atoms with Crippen molar-refractivity contribution in [3.63, 3.8) is 0 Å². The summed E-state index contributed by atoms with van der Waals surface area (Å²) in [6.07, 6.45) is 5.90. The second-order valence-corrected chi connectivity index (χ2v) is 7.12. The second-order valence-electron chi connectivity index (χ2n) is 6.71. The molecule has 1 atom stereocenters. The van der Waals surface area contributed by atoms with Crippen molar-refractivity contribution in [2.45, 2.75) is 25.3 Å². The normalized spacial score (nSPS) is 16.5. The van der Waals surface area contributed by atoms with Gasteiger partial charge in [-0.15, -0.1) is 0 Å². The predicted molar refractivity (Wildman–Crippen MR) is 106 cm³/mol. The third-order valence-electron chi connectivity index (χ3n) is 4.94. The first kappa shape index (κ1) is 17.7. The number of pyridine rings is 2. The first-order valence-electron chi connectivity index (χ1n) is 9.12. The molecule has 1 amide bonds. The number of carbonyl (C=O) groups is 1. The van der Waals surface area contributed by atoms with E-state index in [1.54, 1.807) is 24.5 Å². The molecule has 4 rings (SSSR count). The van der Waals surface area contributed by atoms with Gasteiger partial charge in [0.05, 0.1) is 11.7 Å². The summed E-state index contributed by atoms with van der Waals surface area (Å²) in [7, 11) is 0. The molecule has 3 heterocycles. The molecule has 1 fully saturated rings. The van der Waals surface area contributed by atoms with Gasteiger partial charge in [0, 0.05) is 41.6 Å². The lowest BCUT2D eigenvalue weighted by molar-refractivity contribution is 0.0732. The average molecular weight is 378 g/mol. The van der Waals surface area contributed by atoms with Crippen LogP contribution in [0.4, 0.5) is 0 Å². The molecule has 27 heavy (non-hydrogen) atoms. The molecule has 0 N–H and O–H groups in total. The quantitative estimate of drug-likeness (QED) is 0.662. The zero-order valence-corrected chi connectivity index (χ0v) is 15.6. The number of aromatic nitrogens is 2. The van der Waals surface area contributed by atoms with E-state index in [4.69, 9.17) is 16.6 Å². The molecule has 1 aliphatic heterocycles. The first-order chi connectivity index (χ1) is 13.2. The van der Waals surface area contributed by atoms with Crippen LogP contribution in [0.2, 0.25) is 5.02 Å². The van der Waals surface area contributed by atoms with Gasteiger partial charge in [0.15, 0.2) is 0 Å². The van der Waals surface area contributed by atoms with Gasteiger partial charge in [-0.05, 0) is 48.7 Å². The molecule has 0 aliphatic carbocycles. The average Bonchev–Trinajstić information content (AvgIpc) is 3.20. The Balaban J connectivity index is 1.57. The van der Waals surface area contributed by atoms with Crippen molar-refractivity contribution >= 4 is 17.5 Å². The molecule has 0 radical (unpaired) electrons. The second kappa shape index (κ2) is 7.89. The van der Waals surface area contributed by atoms with Gasteiger partial charge in [-0.3, -0.25) is 14.8 Å². The van der Waals surface area contributed by atoms with Crippen LogP contribution in [0.15, 0.2) is 67.0 Å². The molecule has 0 spiro atoms. The van der Waals surface area contributed by atoms with Gasteiger partial charge in [0.1, 0.15) is 0 Å². The van der Waals surface area contributed by atoms with Crippen LogP contribution >= 0.6 is 11.6 Å². The SMILES string of the molecule is O=C(c1ccncc1)N1CCC[C@@H]1c1cccc(Cc2ccccc2Cl)n1. The lowest BCUT2D eigenvalue weighted by atomic mass is 10.1. The largest absolute Gasteiger partial charge is 0.330 e. The summed E-state index contributed by atoms with van der Waals surface area (Å²) >= 11 is 6.29. The van der Waals surface area contributed by atoms with Crippen LogP contribution in [0.5, 0.6) is 0 Å². The summed E-state index contributed by atoms with van der Waals surface area (Å²) in [6.45, 7) is 0.752. The number of nitrogens with zero attached hydrogens (tertiary/aromatic N) is 3. The molecule has 1 aliphatic rings. The van der Waals surface area contributed by atoms with Crippen molar-refractivity contribution < 1.29 is 4.79 Å². The molecule has 2 aromatic heterocycles. The molecule has 0 bridgehead atoms. The number of amides is 1. The minimum absolute atomic E-state index is 0.0110. The van der Waals surface area contributed by atoms with Crippen molar-refractivity contribution in [2.24, 2.45) is 0 Å². The highest BCUT2D eigenvalue weighted by Gasteiger charge is 2.31. The maximum Gasteiger partial charge on any atom is 0.254 e. The maximum atomic E-state index is 12.9. The van der Waals surface area contributed by atoms with E-state index in [1.807, 2.05) is 47.4 Å². The number of hydrogen-bond donors (Lipinski definition) is 0. The van der Waals surface area contributed by atoms with Gasteiger partial charge < -0.3 is 4.90 Å². The Morgan fingerprint density at radius 2 is 1.89 bits per heavy atom. The van der Waals surface area contributed by atoms with Crippen molar-refractivity contribution in [1.29, 1.82) is 0 Å². The summed E-state index contributed by atoms with van der Waals surface area (Å²) in [5.41, 5.74) is 3.63. The molecule has 0 saturated carbocycles. The first-order valence-corrected chi connectivity index (χ1v) is 9.50. The fourth-order valence-electron chi connectivity index (χ4n) is 3.60. The van der Waals surface area contributed by atoms with E-state index in [9.17, 15) is 4.79 Å². The molecule has 1 saturated heterocycles.